The first kappa shape index (κ1) is 22.4. The van der Waals surface area contributed by atoms with Crippen molar-refractivity contribution < 1.29 is 28.8 Å². The molecule has 2 fully saturated rings. The van der Waals surface area contributed by atoms with Crippen molar-refractivity contribution in [3.8, 4) is 0 Å². The van der Waals surface area contributed by atoms with Crippen LogP contribution in [0.3, 0.4) is 0 Å². The van der Waals surface area contributed by atoms with E-state index in [9.17, 15) is 29.3 Å². The number of ether oxygens (including phenoxy) is 1. The van der Waals surface area contributed by atoms with Gasteiger partial charge in [0, 0.05) is 27.7 Å². The average Bonchev–Trinajstić information content (AvgIpc) is 3.44. The predicted octanol–water partition coefficient (Wildman–Crippen LogP) is 4.05. The molecule has 0 saturated carbocycles. The Labute approximate surface area is 211 Å². The third-order valence-electron chi connectivity index (χ3n) is 7.02. The van der Waals surface area contributed by atoms with E-state index >= 15 is 0 Å². The lowest BCUT2D eigenvalue weighted by Crippen LogP contribution is -2.51. The Morgan fingerprint density at radius 2 is 1.50 bits per heavy atom. The number of carbonyl (C=O) groups excluding carboxylic acids is 4. The highest BCUT2D eigenvalue weighted by Crippen LogP contribution is 2.57. The Kier molecular flexibility index (Phi) is 4.83. The van der Waals surface area contributed by atoms with Crippen LogP contribution in [0, 0.1) is 22.0 Å². The molecule has 3 unspecified atom stereocenters. The van der Waals surface area contributed by atoms with Gasteiger partial charge in [-0.05, 0) is 23.8 Å². The van der Waals surface area contributed by atoms with Gasteiger partial charge in [0.15, 0.2) is 0 Å². The zero-order valence-corrected chi connectivity index (χ0v) is 19.9. The van der Waals surface area contributed by atoms with Crippen molar-refractivity contribution >= 4 is 50.7 Å². The smallest absolute Gasteiger partial charge is 0.271 e. The lowest BCUT2D eigenvalue weighted by molar-refractivity contribution is -0.384. The minimum Gasteiger partial charge on any atom is -0.349 e. The fourth-order valence-electron chi connectivity index (χ4n) is 5.47. The normalized spacial score (nSPS) is 23.9. The largest absolute Gasteiger partial charge is 0.349 e. The molecule has 178 valence electrons. The summed E-state index contributed by atoms with van der Waals surface area (Å²) in [7, 11) is 0. The van der Waals surface area contributed by atoms with Gasteiger partial charge in [-0.15, -0.1) is 0 Å². The molecule has 0 N–H and O–H groups in total. The molecular weight excluding hydrogens is 532 g/mol. The molecule has 3 aromatic carbocycles. The lowest BCUT2D eigenvalue weighted by atomic mass is 9.77. The van der Waals surface area contributed by atoms with Gasteiger partial charge in [0.05, 0.1) is 28.6 Å². The van der Waals surface area contributed by atoms with Crippen LogP contribution in [0.15, 0.2) is 77.3 Å². The molecule has 3 atom stereocenters. The number of imide groups is 1. The molecule has 0 aromatic heterocycles. The van der Waals surface area contributed by atoms with E-state index in [4.69, 9.17) is 4.74 Å². The van der Waals surface area contributed by atoms with Crippen molar-refractivity contribution in [1.29, 1.82) is 0 Å². The maximum Gasteiger partial charge on any atom is 0.271 e. The number of anilines is 1. The zero-order chi connectivity index (χ0) is 25.4. The molecule has 2 saturated heterocycles. The van der Waals surface area contributed by atoms with Crippen LogP contribution >= 0.6 is 15.9 Å². The average molecular weight is 547 g/mol. The molecule has 2 heterocycles. The lowest BCUT2D eigenvalue weighted by Gasteiger charge is -2.27. The molecule has 0 radical (unpaired) electrons. The molecule has 3 aliphatic rings. The highest BCUT2D eigenvalue weighted by atomic mass is 79.9. The van der Waals surface area contributed by atoms with E-state index in [2.05, 4.69) is 15.9 Å². The summed E-state index contributed by atoms with van der Waals surface area (Å²) in [5.74, 6) is -5.43. The maximum atomic E-state index is 13.9. The Balaban J connectivity index is 1.54. The molecule has 36 heavy (non-hydrogen) atoms. The number of rotatable bonds is 3. The summed E-state index contributed by atoms with van der Waals surface area (Å²) in [5, 5.41) is 11.3. The summed E-state index contributed by atoms with van der Waals surface area (Å²) < 4.78 is 6.97. The molecular formula is C26H15BrN2O7. The van der Waals surface area contributed by atoms with Crippen molar-refractivity contribution in [1.82, 2.24) is 0 Å². The van der Waals surface area contributed by atoms with Crippen molar-refractivity contribution in [3.63, 3.8) is 0 Å². The number of ketones is 2. The summed E-state index contributed by atoms with van der Waals surface area (Å²) in [5.41, 5.74) is -1.73. The third-order valence-corrected chi connectivity index (χ3v) is 7.55. The van der Waals surface area contributed by atoms with Crippen molar-refractivity contribution in [2.24, 2.45) is 11.8 Å². The number of amides is 2. The fourth-order valence-corrected chi connectivity index (χ4v) is 5.74. The van der Waals surface area contributed by atoms with E-state index < -0.39 is 51.8 Å². The van der Waals surface area contributed by atoms with Crippen LogP contribution in [0.2, 0.25) is 0 Å². The van der Waals surface area contributed by atoms with Crippen molar-refractivity contribution in [2.45, 2.75) is 11.7 Å². The number of halogens is 1. The van der Waals surface area contributed by atoms with Crippen molar-refractivity contribution in [2.75, 3.05) is 4.90 Å². The molecule has 2 amide bonds. The van der Waals surface area contributed by atoms with Crippen molar-refractivity contribution in [3.05, 3.63) is 104 Å². The van der Waals surface area contributed by atoms with Gasteiger partial charge in [-0.3, -0.25) is 29.3 Å². The summed E-state index contributed by atoms with van der Waals surface area (Å²) in [6, 6.07) is 18.2. The monoisotopic (exact) mass is 546 g/mol. The molecule has 2 aliphatic heterocycles. The second-order valence-corrected chi connectivity index (χ2v) is 9.74. The molecule has 10 heteroatoms. The van der Waals surface area contributed by atoms with Crippen LogP contribution in [0.1, 0.15) is 32.4 Å². The van der Waals surface area contributed by atoms with E-state index in [-0.39, 0.29) is 22.5 Å². The van der Waals surface area contributed by atoms with Crippen LogP contribution in [-0.4, -0.2) is 33.9 Å². The third kappa shape index (κ3) is 2.85. The zero-order valence-electron chi connectivity index (χ0n) is 18.3. The predicted molar refractivity (Wildman–Crippen MR) is 128 cm³/mol. The van der Waals surface area contributed by atoms with Crippen LogP contribution < -0.4 is 4.90 Å². The van der Waals surface area contributed by atoms with Gasteiger partial charge in [-0.2, -0.15) is 0 Å². The summed E-state index contributed by atoms with van der Waals surface area (Å²) in [6.07, 6.45) is -1.06. The number of nitro benzene ring substituents is 1. The van der Waals surface area contributed by atoms with E-state index in [0.717, 1.165) is 15.4 Å². The molecule has 0 bridgehead atoms. The Morgan fingerprint density at radius 3 is 2.11 bits per heavy atom. The summed E-state index contributed by atoms with van der Waals surface area (Å²) in [4.78, 5) is 66.6. The second kappa shape index (κ2) is 7.74. The van der Waals surface area contributed by atoms with Gasteiger partial charge in [0.1, 0.15) is 0 Å². The van der Waals surface area contributed by atoms with Gasteiger partial charge < -0.3 is 4.74 Å². The van der Waals surface area contributed by atoms with Gasteiger partial charge >= 0.3 is 0 Å². The van der Waals surface area contributed by atoms with E-state index in [0.29, 0.717) is 5.56 Å². The van der Waals surface area contributed by atoms with E-state index in [1.165, 1.54) is 30.3 Å². The number of Topliss-reactive ketones (excluding diaryl/α,β-unsaturated/α-hetero) is 2. The first-order valence-corrected chi connectivity index (χ1v) is 11.8. The molecule has 6 rings (SSSR count). The van der Waals surface area contributed by atoms with Gasteiger partial charge in [-0.1, -0.05) is 58.4 Å². The minimum atomic E-state index is -2.20. The number of nitrogens with zero attached hydrogens (tertiary/aromatic N) is 2. The highest BCUT2D eigenvalue weighted by Gasteiger charge is 2.74. The first-order chi connectivity index (χ1) is 17.3. The highest BCUT2D eigenvalue weighted by molar-refractivity contribution is 9.10. The van der Waals surface area contributed by atoms with E-state index in [1.807, 2.05) is 0 Å². The number of carbonyl (C=O) groups is 4. The van der Waals surface area contributed by atoms with Crippen LogP contribution in [-0.2, 0) is 14.3 Å². The van der Waals surface area contributed by atoms with Crippen LogP contribution in [0.4, 0.5) is 11.4 Å². The number of nitro groups is 1. The number of hydrogen-bond donors (Lipinski definition) is 0. The van der Waals surface area contributed by atoms with E-state index in [1.54, 1.807) is 36.4 Å². The fraction of sp³-hybridized carbons (Fsp3) is 0.154. The Morgan fingerprint density at radius 1 is 0.861 bits per heavy atom. The number of benzene rings is 3. The SMILES string of the molecule is O=C1C2C(c3ccc(Br)cc3)OC3(C(=O)c4ccccc4C3=O)C2C(=O)N1c1cccc([N+](=O)[O-])c1. The van der Waals surface area contributed by atoms with Gasteiger partial charge in [0.2, 0.25) is 29.0 Å². The summed E-state index contributed by atoms with van der Waals surface area (Å²) >= 11 is 3.36. The molecule has 1 spiro atoms. The standard InChI is InChI=1S/C26H15BrN2O7/c27-14-10-8-13(9-11-14)21-19-20(26(36-21)22(30)17-6-1-2-7-18(17)23(26)31)25(33)28(24(19)32)15-4-3-5-16(12-15)29(34)35/h1-12,19-21H. The second-order valence-electron chi connectivity index (χ2n) is 8.82. The number of non-ortho nitro benzene ring substituents is 1. The maximum absolute atomic E-state index is 13.9. The topological polar surface area (TPSA) is 124 Å². The molecule has 3 aromatic rings. The number of fused-ring (bicyclic) bond motifs is 3. The first-order valence-electron chi connectivity index (χ1n) is 11.0. The number of hydrogen-bond acceptors (Lipinski definition) is 7. The van der Waals surface area contributed by atoms with Gasteiger partial charge in [0.25, 0.3) is 5.69 Å². The minimum absolute atomic E-state index is 0.00582. The van der Waals surface area contributed by atoms with Crippen LogP contribution in [0.25, 0.3) is 0 Å². The molecule has 1 aliphatic carbocycles. The Hall–Kier alpha value is -4.02. The quantitative estimate of drug-likeness (QED) is 0.210. The van der Waals surface area contributed by atoms with Gasteiger partial charge in [-0.25, -0.2) is 4.90 Å². The molecule has 9 nitrogen and oxygen atoms in total. The Bertz CT molecular complexity index is 1480. The summed E-state index contributed by atoms with van der Waals surface area (Å²) in [6.45, 7) is 0. The van der Waals surface area contributed by atoms with Crippen LogP contribution in [0.5, 0.6) is 0 Å².